The largest absolute Gasteiger partial charge is 0.339 e. The van der Waals surface area contributed by atoms with Crippen molar-refractivity contribution in [2.24, 2.45) is 0 Å². The highest BCUT2D eigenvalue weighted by molar-refractivity contribution is 5.77. The van der Waals surface area contributed by atoms with Crippen LogP contribution in [0.15, 0.2) is 0 Å². The molecule has 4 heteroatoms. The van der Waals surface area contributed by atoms with Gasteiger partial charge in [-0.1, -0.05) is 13.3 Å². The minimum Gasteiger partial charge on any atom is -0.339 e. The Hall–Kier alpha value is -1.06. The first-order valence-corrected chi connectivity index (χ1v) is 4.18. The molecule has 0 aromatic heterocycles. The highest BCUT2D eigenvalue weighted by Gasteiger charge is 1.98. The number of rotatable bonds is 5. The fourth-order valence-corrected chi connectivity index (χ4v) is 0.693. The predicted molar refractivity (Wildman–Crippen MR) is 46.4 cm³/mol. The number of hydrogen-bond acceptors (Lipinski definition) is 2. The molecule has 0 rings (SSSR count). The van der Waals surface area contributed by atoms with Crippen LogP contribution in [0.4, 0.5) is 0 Å². The van der Waals surface area contributed by atoms with Gasteiger partial charge in [0.2, 0.25) is 11.8 Å². The molecule has 70 valence electrons. The predicted octanol–water partition coefficient (Wildman–Crippen LogP) is 0.386. The SMILES string of the molecule is CCCCC(=O)NCNC(C)=O. The van der Waals surface area contributed by atoms with Crippen molar-refractivity contribution in [3.8, 4) is 0 Å². The first kappa shape index (κ1) is 10.9. The van der Waals surface area contributed by atoms with E-state index in [9.17, 15) is 9.59 Å². The van der Waals surface area contributed by atoms with Crippen molar-refractivity contribution in [2.45, 2.75) is 33.1 Å². The Kier molecular flexibility index (Phi) is 6.05. The van der Waals surface area contributed by atoms with E-state index in [1.165, 1.54) is 6.92 Å². The molecule has 0 radical (unpaired) electrons. The Morgan fingerprint density at radius 2 is 1.92 bits per heavy atom. The molecule has 4 nitrogen and oxygen atoms in total. The third-order valence-electron chi connectivity index (χ3n) is 1.38. The lowest BCUT2D eigenvalue weighted by molar-refractivity contribution is -0.122. The van der Waals surface area contributed by atoms with Gasteiger partial charge in [-0.25, -0.2) is 0 Å². The van der Waals surface area contributed by atoms with E-state index in [4.69, 9.17) is 0 Å². The molecule has 0 saturated heterocycles. The van der Waals surface area contributed by atoms with Crippen LogP contribution in [0.25, 0.3) is 0 Å². The molecule has 0 aromatic rings. The number of hydrogen-bond donors (Lipinski definition) is 2. The lowest BCUT2D eigenvalue weighted by atomic mass is 10.2. The van der Waals surface area contributed by atoms with Crippen molar-refractivity contribution in [1.29, 1.82) is 0 Å². The standard InChI is InChI=1S/C8H16N2O2/c1-3-4-5-8(12)10-6-9-7(2)11/h3-6H2,1-2H3,(H,9,11)(H,10,12). The average Bonchev–Trinajstić information content (AvgIpc) is 2.00. The van der Waals surface area contributed by atoms with E-state index in [0.717, 1.165) is 12.8 Å². The maximum atomic E-state index is 10.9. The summed E-state index contributed by atoms with van der Waals surface area (Å²) in [7, 11) is 0. The lowest BCUT2D eigenvalue weighted by Crippen LogP contribution is -2.35. The van der Waals surface area contributed by atoms with E-state index in [0.29, 0.717) is 6.42 Å². The van der Waals surface area contributed by atoms with Gasteiger partial charge in [-0.2, -0.15) is 0 Å². The molecule has 0 saturated carbocycles. The van der Waals surface area contributed by atoms with Crippen LogP contribution in [0.2, 0.25) is 0 Å². The molecule has 0 spiro atoms. The van der Waals surface area contributed by atoms with E-state index in [-0.39, 0.29) is 18.5 Å². The highest BCUT2D eigenvalue weighted by Crippen LogP contribution is 1.91. The smallest absolute Gasteiger partial charge is 0.221 e. The van der Waals surface area contributed by atoms with Gasteiger partial charge in [0.15, 0.2) is 0 Å². The molecule has 0 heterocycles. The first-order chi connectivity index (χ1) is 5.66. The van der Waals surface area contributed by atoms with E-state index in [1.54, 1.807) is 0 Å². The van der Waals surface area contributed by atoms with Crippen molar-refractivity contribution in [1.82, 2.24) is 10.6 Å². The number of unbranched alkanes of at least 4 members (excludes halogenated alkanes) is 1. The number of carbonyl (C=O) groups excluding carboxylic acids is 2. The fourth-order valence-electron chi connectivity index (χ4n) is 0.693. The van der Waals surface area contributed by atoms with Crippen molar-refractivity contribution in [3.05, 3.63) is 0 Å². The normalized spacial score (nSPS) is 9.17. The third kappa shape index (κ3) is 7.05. The van der Waals surface area contributed by atoms with Gasteiger partial charge in [0.05, 0.1) is 6.67 Å². The zero-order chi connectivity index (χ0) is 9.40. The van der Waals surface area contributed by atoms with Crippen LogP contribution >= 0.6 is 0 Å². The Morgan fingerprint density at radius 3 is 2.42 bits per heavy atom. The summed E-state index contributed by atoms with van der Waals surface area (Å²) in [6, 6.07) is 0. The summed E-state index contributed by atoms with van der Waals surface area (Å²) in [5, 5.41) is 5.06. The molecule has 0 aliphatic rings. The summed E-state index contributed by atoms with van der Waals surface area (Å²) in [4.78, 5) is 21.3. The monoisotopic (exact) mass is 172 g/mol. The number of nitrogens with one attached hydrogen (secondary N) is 2. The van der Waals surface area contributed by atoms with Crippen molar-refractivity contribution in [2.75, 3.05) is 6.67 Å². The quantitative estimate of drug-likeness (QED) is 0.589. The van der Waals surface area contributed by atoms with Gasteiger partial charge in [-0.15, -0.1) is 0 Å². The number of carbonyl (C=O) groups is 2. The summed E-state index contributed by atoms with van der Waals surface area (Å²) in [5.74, 6) is -0.142. The molecule has 2 N–H and O–H groups in total. The van der Waals surface area contributed by atoms with Gasteiger partial charge in [0.1, 0.15) is 0 Å². The summed E-state index contributed by atoms with van der Waals surface area (Å²) >= 11 is 0. The maximum Gasteiger partial charge on any atom is 0.221 e. The Morgan fingerprint density at radius 1 is 1.25 bits per heavy atom. The van der Waals surface area contributed by atoms with Gasteiger partial charge in [0.25, 0.3) is 0 Å². The van der Waals surface area contributed by atoms with Crippen LogP contribution in [0.1, 0.15) is 33.1 Å². The zero-order valence-corrected chi connectivity index (χ0v) is 7.64. The topological polar surface area (TPSA) is 58.2 Å². The Balaban J connectivity index is 3.25. The molecule has 12 heavy (non-hydrogen) atoms. The molecule has 0 aliphatic heterocycles. The van der Waals surface area contributed by atoms with Crippen molar-refractivity contribution in [3.63, 3.8) is 0 Å². The molecule has 0 aliphatic carbocycles. The molecule has 0 aromatic carbocycles. The summed E-state index contributed by atoms with van der Waals surface area (Å²) < 4.78 is 0. The lowest BCUT2D eigenvalue weighted by Gasteiger charge is -2.04. The Labute approximate surface area is 72.7 Å². The van der Waals surface area contributed by atoms with Crippen molar-refractivity contribution >= 4 is 11.8 Å². The van der Waals surface area contributed by atoms with E-state index < -0.39 is 0 Å². The second kappa shape index (κ2) is 6.64. The molecule has 0 fully saturated rings. The van der Waals surface area contributed by atoms with Gasteiger partial charge in [-0.05, 0) is 6.42 Å². The van der Waals surface area contributed by atoms with Gasteiger partial charge >= 0.3 is 0 Å². The molecule has 0 unspecified atom stereocenters. The molecule has 2 amide bonds. The van der Waals surface area contributed by atoms with Crippen LogP contribution in [0.3, 0.4) is 0 Å². The highest BCUT2D eigenvalue weighted by atomic mass is 16.2. The maximum absolute atomic E-state index is 10.9. The second-order valence-electron chi connectivity index (χ2n) is 2.61. The summed E-state index contributed by atoms with van der Waals surface area (Å²) in [5.41, 5.74) is 0. The van der Waals surface area contributed by atoms with Crippen LogP contribution in [-0.4, -0.2) is 18.5 Å². The minimum atomic E-state index is -0.134. The third-order valence-corrected chi connectivity index (χ3v) is 1.38. The van der Waals surface area contributed by atoms with E-state index >= 15 is 0 Å². The van der Waals surface area contributed by atoms with E-state index in [1.807, 2.05) is 6.92 Å². The zero-order valence-electron chi connectivity index (χ0n) is 7.64. The van der Waals surface area contributed by atoms with Crippen LogP contribution in [0.5, 0.6) is 0 Å². The molecule has 0 atom stereocenters. The molecular formula is C8H16N2O2. The summed E-state index contributed by atoms with van der Waals surface area (Å²) in [6.07, 6.45) is 2.44. The molecule has 0 bridgehead atoms. The minimum absolute atomic E-state index is 0.00870. The van der Waals surface area contributed by atoms with Gasteiger partial charge in [0, 0.05) is 13.3 Å². The van der Waals surface area contributed by atoms with Gasteiger partial charge in [-0.3, -0.25) is 9.59 Å². The Bertz CT molecular complexity index is 157. The fraction of sp³-hybridized carbons (Fsp3) is 0.750. The average molecular weight is 172 g/mol. The van der Waals surface area contributed by atoms with E-state index in [2.05, 4.69) is 10.6 Å². The van der Waals surface area contributed by atoms with Crippen molar-refractivity contribution < 1.29 is 9.59 Å². The second-order valence-corrected chi connectivity index (χ2v) is 2.61. The summed E-state index contributed by atoms with van der Waals surface area (Å²) in [6.45, 7) is 3.68. The number of amides is 2. The van der Waals surface area contributed by atoms with Crippen LogP contribution in [-0.2, 0) is 9.59 Å². The first-order valence-electron chi connectivity index (χ1n) is 4.18. The van der Waals surface area contributed by atoms with Crippen LogP contribution < -0.4 is 10.6 Å². The van der Waals surface area contributed by atoms with Crippen LogP contribution in [0, 0.1) is 0 Å². The molecular weight excluding hydrogens is 156 g/mol. The van der Waals surface area contributed by atoms with Gasteiger partial charge < -0.3 is 10.6 Å².